The molecule has 3 rings (SSSR count). The van der Waals surface area contributed by atoms with E-state index in [1.54, 1.807) is 0 Å². The summed E-state index contributed by atoms with van der Waals surface area (Å²) >= 11 is 0. The Morgan fingerprint density at radius 1 is 0.585 bits per heavy atom. The van der Waals surface area contributed by atoms with Gasteiger partial charge in [-0.25, -0.2) is 0 Å². The summed E-state index contributed by atoms with van der Waals surface area (Å²) in [5.74, 6) is 0. The largest absolute Gasteiger partial charge is 0.407 e. The molecule has 3 aromatic carbocycles. The molecule has 8 nitrogen and oxygen atoms in total. The highest BCUT2D eigenvalue weighted by Crippen LogP contribution is 2.39. The molecule has 65 heavy (non-hydrogen) atoms. The summed E-state index contributed by atoms with van der Waals surface area (Å²) in [6, 6.07) is 39.5. The van der Waals surface area contributed by atoms with Crippen LogP contribution in [0.15, 0.2) is 91.0 Å². The van der Waals surface area contributed by atoms with Gasteiger partial charge in [0.15, 0.2) is 8.32 Å². The molecule has 0 N–H and O–H groups in total. The highest BCUT2D eigenvalue weighted by Gasteiger charge is 2.50. The number of hydrogen-bond donors (Lipinski definition) is 0. The van der Waals surface area contributed by atoms with Gasteiger partial charge in [0.2, 0.25) is 0 Å². The Morgan fingerprint density at radius 2 is 1.06 bits per heavy atom. The second kappa shape index (κ2) is 27.1. The van der Waals surface area contributed by atoms with Crippen LogP contribution in [0.5, 0.6) is 0 Å². The van der Waals surface area contributed by atoms with Crippen LogP contribution in [-0.4, -0.2) is 90.6 Å². The Morgan fingerprint density at radius 3 is 1.51 bits per heavy atom. The molecule has 0 radical (unpaired) electrons. The van der Waals surface area contributed by atoms with Gasteiger partial charge in [-0.15, -0.1) is 0 Å². The Kier molecular flexibility index (Phi) is 23.8. The Labute approximate surface area is 400 Å². The average Bonchev–Trinajstić information content (AvgIpc) is 3.26. The van der Waals surface area contributed by atoms with Crippen LogP contribution in [-0.2, 0) is 39.1 Å². The van der Waals surface area contributed by atoms with E-state index in [-0.39, 0.29) is 30.8 Å². The smallest absolute Gasteiger partial charge is 0.261 e. The van der Waals surface area contributed by atoms with Crippen LogP contribution in [0.1, 0.15) is 80.2 Å². The second-order valence-electron chi connectivity index (χ2n) is 22.0. The first-order chi connectivity index (χ1) is 30.6. The van der Waals surface area contributed by atoms with E-state index in [2.05, 4.69) is 174 Å². The summed E-state index contributed by atoms with van der Waals surface area (Å²) in [5.41, 5.74) is 0.403. The quantitative estimate of drug-likeness (QED) is 0.0347. The molecule has 3 aromatic rings. The lowest BCUT2D eigenvalue weighted by Gasteiger charge is -2.43. The van der Waals surface area contributed by atoms with Crippen molar-refractivity contribution in [1.29, 1.82) is 5.26 Å². The van der Waals surface area contributed by atoms with E-state index in [1.807, 2.05) is 18.2 Å². The van der Waals surface area contributed by atoms with E-state index in [9.17, 15) is 5.26 Å². The van der Waals surface area contributed by atoms with Crippen LogP contribution in [0.4, 0.5) is 0 Å². The Hall–Kier alpha value is -2.26. The lowest BCUT2D eigenvalue weighted by atomic mass is 9.78. The van der Waals surface area contributed by atoms with Crippen molar-refractivity contribution in [3.63, 3.8) is 0 Å². The Bertz CT molecular complexity index is 1720. The summed E-state index contributed by atoms with van der Waals surface area (Å²) in [4.78, 5) is 0. The fraction of sp³-hybridized carbons (Fsp3) is 0.642. The normalized spacial score (nSPS) is 15.0. The zero-order chi connectivity index (χ0) is 48.2. The van der Waals surface area contributed by atoms with Crippen LogP contribution in [0.2, 0.25) is 74.5 Å². The van der Waals surface area contributed by atoms with Crippen molar-refractivity contribution in [2.75, 3.05) is 33.4 Å². The van der Waals surface area contributed by atoms with Crippen LogP contribution >= 0.6 is 0 Å². The minimum absolute atomic E-state index is 0.136. The topological polar surface area (TPSA) is 88.4 Å². The molecule has 0 aromatic heterocycles. The maximum Gasteiger partial charge on any atom is 0.261 e. The van der Waals surface area contributed by atoms with Gasteiger partial charge in [0.25, 0.3) is 8.32 Å². The molecule has 0 saturated carbocycles. The number of nitrogens with zero attached hydrogens (tertiary/aromatic N) is 1. The number of rotatable bonds is 32. The van der Waals surface area contributed by atoms with Gasteiger partial charge in [-0.05, 0) is 57.6 Å². The van der Waals surface area contributed by atoms with Crippen LogP contribution in [0.25, 0.3) is 0 Å². The predicted octanol–water partition coefficient (Wildman–Crippen LogP) is 12.7. The lowest BCUT2D eigenvalue weighted by molar-refractivity contribution is -0.158. The summed E-state index contributed by atoms with van der Waals surface area (Å²) in [6.07, 6.45) is 0.109. The van der Waals surface area contributed by atoms with Gasteiger partial charge in [0.05, 0.1) is 31.0 Å². The van der Waals surface area contributed by atoms with Gasteiger partial charge in [-0.2, -0.15) is 5.26 Å². The fourth-order valence-corrected chi connectivity index (χ4v) is 17.4. The minimum Gasteiger partial charge on any atom is -0.407 e. The summed E-state index contributed by atoms with van der Waals surface area (Å²) in [5, 5.41) is 13.2. The average molecular weight is 965 g/mol. The standard InChI is InChI=1S/C53H89NO7Si4/c1-15-64(16-2,17-3)61-51(41-54)53(7,8)50(59-44-56-36-38-63(12,13)14)40-47(57-42-45-27-21-18-22-28-45)39-46(58-43-55-35-37-62(9,10)11)33-34-60-65(52(4,5)6,48-29-23-19-24-30-48)49-31-25-20-26-32-49/h18-32,46-47,50-51H,15-17,33-40,42-44H2,1-14H3/t46-,47+,50-,51?/m0/s1. The third kappa shape index (κ3) is 18.6. The van der Waals surface area contributed by atoms with E-state index >= 15 is 0 Å². The molecule has 0 aliphatic heterocycles. The van der Waals surface area contributed by atoms with Crippen molar-refractivity contribution in [3.05, 3.63) is 96.6 Å². The maximum absolute atomic E-state index is 10.9. The van der Waals surface area contributed by atoms with E-state index in [4.69, 9.17) is 32.5 Å². The maximum atomic E-state index is 10.9. The van der Waals surface area contributed by atoms with E-state index in [0.29, 0.717) is 45.7 Å². The van der Waals surface area contributed by atoms with Gasteiger partial charge < -0.3 is 32.5 Å². The van der Waals surface area contributed by atoms with E-state index < -0.39 is 50.4 Å². The van der Waals surface area contributed by atoms with Crippen molar-refractivity contribution < 1.29 is 32.5 Å². The second-order valence-corrected chi connectivity index (χ2v) is 42.3. The van der Waals surface area contributed by atoms with Crippen molar-refractivity contribution in [2.24, 2.45) is 5.41 Å². The van der Waals surface area contributed by atoms with Crippen molar-refractivity contribution in [1.82, 2.24) is 0 Å². The SMILES string of the molecule is CC[Si](CC)(CC)OC(C#N)C(C)(C)[C@H](C[C@@H](C[C@H](CCO[Si](c1ccccc1)(c1ccccc1)C(C)(C)C)OCOCC[Si](C)(C)C)OCc1ccccc1)OCOCC[Si](C)(C)C. The number of nitriles is 1. The molecule has 0 bridgehead atoms. The first-order valence-electron chi connectivity index (χ1n) is 24.5. The first-order valence-corrected chi connectivity index (χ1v) is 36.4. The molecule has 4 atom stereocenters. The molecule has 12 heteroatoms. The molecule has 0 fully saturated rings. The number of ether oxygens (including phenoxy) is 5. The molecule has 0 heterocycles. The van der Waals surface area contributed by atoms with Gasteiger partial charge in [-0.1, -0.05) is 186 Å². The van der Waals surface area contributed by atoms with E-state index in [0.717, 1.165) is 35.8 Å². The monoisotopic (exact) mass is 964 g/mol. The van der Waals surface area contributed by atoms with Gasteiger partial charge in [0, 0.05) is 54.2 Å². The summed E-state index contributed by atoms with van der Waals surface area (Å²) in [7, 11) is -7.55. The molecule has 0 saturated heterocycles. The predicted molar refractivity (Wildman–Crippen MR) is 282 cm³/mol. The molecular weight excluding hydrogens is 875 g/mol. The molecule has 0 spiro atoms. The third-order valence-corrected chi connectivity index (χ3v) is 26.2. The highest BCUT2D eigenvalue weighted by atomic mass is 28.4. The molecular formula is C53H89NO7Si4. The highest BCUT2D eigenvalue weighted by molar-refractivity contribution is 6.99. The molecule has 0 aliphatic carbocycles. The molecule has 0 amide bonds. The summed E-state index contributed by atoms with van der Waals surface area (Å²) < 4.78 is 47.4. The van der Waals surface area contributed by atoms with Crippen LogP contribution < -0.4 is 10.4 Å². The fourth-order valence-electron chi connectivity index (χ4n) is 8.43. The van der Waals surface area contributed by atoms with Crippen molar-refractivity contribution >= 4 is 43.2 Å². The van der Waals surface area contributed by atoms with Crippen molar-refractivity contribution in [3.8, 4) is 6.07 Å². The molecule has 1 unspecified atom stereocenters. The van der Waals surface area contributed by atoms with Gasteiger partial charge in [-0.3, -0.25) is 0 Å². The first kappa shape index (κ1) is 57.1. The lowest BCUT2D eigenvalue weighted by Crippen LogP contribution is -2.66. The van der Waals surface area contributed by atoms with Gasteiger partial charge >= 0.3 is 0 Å². The zero-order valence-corrected chi connectivity index (χ0v) is 47.2. The summed E-state index contributed by atoms with van der Waals surface area (Å²) in [6.45, 7) is 34.6. The number of benzene rings is 3. The van der Waals surface area contributed by atoms with Crippen LogP contribution in [0, 0.1) is 16.7 Å². The Balaban J connectivity index is 2.05. The van der Waals surface area contributed by atoms with Crippen molar-refractivity contribution in [2.45, 2.75) is 180 Å². The number of hydrogen-bond acceptors (Lipinski definition) is 8. The third-order valence-electron chi connectivity index (χ3n) is 13.2. The minimum atomic E-state index is -2.80. The van der Waals surface area contributed by atoms with Crippen LogP contribution in [0.3, 0.4) is 0 Å². The zero-order valence-electron chi connectivity index (χ0n) is 43.2. The molecule has 0 aliphatic rings. The van der Waals surface area contributed by atoms with Gasteiger partial charge in [0.1, 0.15) is 19.7 Å². The van der Waals surface area contributed by atoms with E-state index in [1.165, 1.54) is 10.4 Å². The molecule has 364 valence electrons.